The van der Waals surface area contributed by atoms with Gasteiger partial charge in [-0.2, -0.15) is 0 Å². The summed E-state index contributed by atoms with van der Waals surface area (Å²) in [6, 6.07) is 2.30. The molecule has 1 aromatic heterocycles. The second kappa shape index (κ2) is 4.27. The normalized spacial score (nSPS) is 36.0. The van der Waals surface area contributed by atoms with Crippen LogP contribution >= 0.6 is 11.3 Å². The van der Waals surface area contributed by atoms with Gasteiger partial charge in [-0.3, -0.25) is 4.90 Å². The number of hydrogen-bond acceptors (Lipinski definition) is 4. The quantitative estimate of drug-likeness (QED) is 0.917. The van der Waals surface area contributed by atoms with Crippen LogP contribution in [0.5, 0.6) is 0 Å². The van der Waals surface area contributed by atoms with E-state index in [0.717, 1.165) is 12.1 Å². The maximum Gasteiger partial charge on any atom is 0.114 e. The number of aromatic nitrogens is 1. The van der Waals surface area contributed by atoms with Crippen molar-refractivity contribution >= 4 is 11.3 Å². The second-order valence-electron chi connectivity index (χ2n) is 6.75. The van der Waals surface area contributed by atoms with Gasteiger partial charge in [0.1, 0.15) is 5.01 Å². The van der Waals surface area contributed by atoms with Crippen molar-refractivity contribution in [3.8, 4) is 0 Å². The van der Waals surface area contributed by atoms with Crippen molar-refractivity contribution in [1.29, 1.82) is 0 Å². The van der Waals surface area contributed by atoms with Crippen molar-refractivity contribution in [3.63, 3.8) is 0 Å². The van der Waals surface area contributed by atoms with Gasteiger partial charge in [-0.25, -0.2) is 4.98 Å². The largest absolute Gasteiger partial charge is 0.301 e. The van der Waals surface area contributed by atoms with E-state index in [1.807, 2.05) is 11.3 Å². The predicted molar refractivity (Wildman–Crippen MR) is 78.5 cm³/mol. The molecule has 2 saturated carbocycles. The van der Waals surface area contributed by atoms with Crippen molar-refractivity contribution in [3.05, 3.63) is 16.1 Å². The van der Waals surface area contributed by atoms with Gasteiger partial charge in [0, 0.05) is 35.7 Å². The molecule has 1 N–H and O–H groups in total. The molecule has 4 rings (SSSR count). The van der Waals surface area contributed by atoms with Gasteiger partial charge in [0.2, 0.25) is 0 Å². The highest BCUT2D eigenvalue weighted by atomic mass is 32.1. The standard InChI is InChI=1S/C15H23N3S/c1-10-8-19-14(16-10)15(17-12-3-4-12)7-11(2)18(9-15)13-5-6-13/h8,11-13,17H,3-7,9H2,1-2H3. The Morgan fingerprint density at radius 2 is 2.16 bits per heavy atom. The number of thiazole rings is 1. The van der Waals surface area contributed by atoms with Gasteiger partial charge in [-0.1, -0.05) is 0 Å². The van der Waals surface area contributed by atoms with Crippen molar-refractivity contribution in [2.45, 2.75) is 69.6 Å². The Kier molecular flexibility index (Phi) is 2.77. The maximum absolute atomic E-state index is 4.82. The molecule has 2 heterocycles. The first-order chi connectivity index (χ1) is 9.16. The van der Waals surface area contributed by atoms with Crippen molar-refractivity contribution in [2.24, 2.45) is 0 Å². The lowest BCUT2D eigenvalue weighted by Crippen LogP contribution is -2.46. The van der Waals surface area contributed by atoms with Gasteiger partial charge in [0.15, 0.2) is 0 Å². The van der Waals surface area contributed by atoms with Crippen molar-refractivity contribution in [2.75, 3.05) is 6.54 Å². The average molecular weight is 277 g/mol. The predicted octanol–water partition coefficient (Wildman–Crippen LogP) is 2.66. The molecule has 3 aliphatic rings. The molecule has 0 amide bonds. The molecular formula is C15H23N3S. The zero-order valence-electron chi connectivity index (χ0n) is 11.9. The van der Waals surface area contributed by atoms with Crippen LogP contribution in [0.4, 0.5) is 0 Å². The molecule has 104 valence electrons. The lowest BCUT2D eigenvalue weighted by molar-refractivity contribution is 0.239. The van der Waals surface area contributed by atoms with Gasteiger partial charge < -0.3 is 5.32 Å². The monoisotopic (exact) mass is 277 g/mol. The molecule has 3 fully saturated rings. The number of rotatable bonds is 4. The molecule has 2 unspecified atom stereocenters. The second-order valence-corrected chi connectivity index (χ2v) is 7.61. The van der Waals surface area contributed by atoms with Gasteiger partial charge >= 0.3 is 0 Å². The van der Waals surface area contributed by atoms with E-state index in [1.54, 1.807) is 0 Å². The minimum absolute atomic E-state index is 0.141. The zero-order valence-corrected chi connectivity index (χ0v) is 12.7. The summed E-state index contributed by atoms with van der Waals surface area (Å²) in [6.07, 6.45) is 6.74. The van der Waals surface area contributed by atoms with Crippen LogP contribution in [0.3, 0.4) is 0 Å². The van der Waals surface area contributed by atoms with Crippen LogP contribution in [-0.4, -0.2) is 34.6 Å². The molecule has 1 saturated heterocycles. The first-order valence-electron chi connectivity index (χ1n) is 7.62. The third-order valence-corrected chi connectivity index (χ3v) is 5.93. The minimum atomic E-state index is 0.141. The van der Waals surface area contributed by atoms with Crippen molar-refractivity contribution in [1.82, 2.24) is 15.2 Å². The van der Waals surface area contributed by atoms with E-state index in [0.29, 0.717) is 6.04 Å². The van der Waals surface area contributed by atoms with Crippen LogP contribution in [-0.2, 0) is 5.54 Å². The van der Waals surface area contributed by atoms with E-state index < -0.39 is 0 Å². The molecular weight excluding hydrogens is 254 g/mol. The first-order valence-corrected chi connectivity index (χ1v) is 8.50. The fraction of sp³-hybridized carbons (Fsp3) is 0.800. The molecule has 1 aromatic rings. The Labute approximate surface area is 119 Å². The Bertz CT molecular complexity index is 477. The number of hydrogen-bond donors (Lipinski definition) is 1. The molecule has 2 atom stereocenters. The summed E-state index contributed by atoms with van der Waals surface area (Å²) in [5.41, 5.74) is 1.32. The molecule has 4 heteroatoms. The van der Waals surface area contributed by atoms with Gasteiger partial charge in [0.25, 0.3) is 0 Å². The van der Waals surface area contributed by atoms with Gasteiger partial charge in [-0.15, -0.1) is 11.3 Å². The van der Waals surface area contributed by atoms with E-state index in [1.165, 1.54) is 49.4 Å². The smallest absolute Gasteiger partial charge is 0.114 e. The molecule has 0 aromatic carbocycles. The number of nitrogens with zero attached hydrogens (tertiary/aromatic N) is 2. The Hall–Kier alpha value is -0.450. The first kappa shape index (κ1) is 12.3. The molecule has 0 bridgehead atoms. The molecule has 0 spiro atoms. The summed E-state index contributed by atoms with van der Waals surface area (Å²) in [4.78, 5) is 7.55. The highest BCUT2D eigenvalue weighted by Crippen LogP contribution is 2.44. The highest BCUT2D eigenvalue weighted by Gasteiger charge is 2.50. The summed E-state index contributed by atoms with van der Waals surface area (Å²) >= 11 is 1.85. The molecule has 1 aliphatic heterocycles. The van der Waals surface area contributed by atoms with E-state index in [4.69, 9.17) is 4.98 Å². The third kappa shape index (κ3) is 2.24. The fourth-order valence-corrected chi connectivity index (χ4v) is 4.53. The maximum atomic E-state index is 4.82. The SMILES string of the molecule is Cc1csc(C2(NC3CC3)CC(C)N(C3CC3)C2)n1. The van der Waals surface area contributed by atoms with E-state index in [9.17, 15) is 0 Å². The summed E-state index contributed by atoms with van der Waals surface area (Å²) in [5.74, 6) is 0. The van der Waals surface area contributed by atoms with Crippen LogP contribution < -0.4 is 5.32 Å². The molecule has 3 nitrogen and oxygen atoms in total. The summed E-state index contributed by atoms with van der Waals surface area (Å²) in [5, 5.41) is 7.48. The number of aryl methyl sites for hydroxylation is 1. The van der Waals surface area contributed by atoms with Crippen LogP contribution in [0, 0.1) is 6.92 Å². The van der Waals surface area contributed by atoms with Crippen LogP contribution in [0.15, 0.2) is 5.38 Å². The lowest BCUT2D eigenvalue weighted by Gasteiger charge is -2.29. The molecule has 19 heavy (non-hydrogen) atoms. The average Bonchev–Trinajstić information content (AvgIpc) is 3.27. The van der Waals surface area contributed by atoms with Crippen molar-refractivity contribution < 1.29 is 0 Å². The number of nitrogens with one attached hydrogen (secondary N) is 1. The lowest BCUT2D eigenvalue weighted by atomic mass is 9.96. The topological polar surface area (TPSA) is 28.2 Å². The van der Waals surface area contributed by atoms with E-state index in [2.05, 4.69) is 29.4 Å². The third-order valence-electron chi connectivity index (χ3n) is 4.76. The molecule has 2 aliphatic carbocycles. The van der Waals surface area contributed by atoms with Crippen LogP contribution in [0.2, 0.25) is 0 Å². The fourth-order valence-electron chi connectivity index (χ4n) is 3.56. The Morgan fingerprint density at radius 3 is 2.74 bits per heavy atom. The van der Waals surface area contributed by atoms with Crippen LogP contribution in [0.1, 0.15) is 49.7 Å². The minimum Gasteiger partial charge on any atom is -0.301 e. The Balaban J connectivity index is 1.64. The van der Waals surface area contributed by atoms with E-state index in [-0.39, 0.29) is 5.54 Å². The van der Waals surface area contributed by atoms with Crippen LogP contribution in [0.25, 0.3) is 0 Å². The summed E-state index contributed by atoms with van der Waals surface area (Å²) < 4.78 is 0. The Morgan fingerprint density at radius 1 is 1.37 bits per heavy atom. The molecule has 0 radical (unpaired) electrons. The van der Waals surface area contributed by atoms with E-state index >= 15 is 0 Å². The summed E-state index contributed by atoms with van der Waals surface area (Å²) in [6.45, 7) is 5.68. The highest BCUT2D eigenvalue weighted by molar-refractivity contribution is 7.09. The number of likely N-dealkylation sites (tertiary alicyclic amines) is 1. The van der Waals surface area contributed by atoms with Gasteiger partial charge in [-0.05, 0) is 46.0 Å². The summed E-state index contributed by atoms with van der Waals surface area (Å²) in [7, 11) is 0. The van der Waals surface area contributed by atoms with Gasteiger partial charge in [0.05, 0.1) is 5.54 Å². The zero-order chi connectivity index (χ0) is 13.0.